The van der Waals surface area contributed by atoms with Gasteiger partial charge < -0.3 is 24.4 Å². The van der Waals surface area contributed by atoms with Crippen LogP contribution in [0, 0.1) is 0 Å². The van der Waals surface area contributed by atoms with E-state index >= 15 is 0 Å². The number of hydrogen-bond acceptors (Lipinski definition) is 6. The Bertz CT molecular complexity index is 1140. The van der Waals surface area contributed by atoms with Crippen LogP contribution in [-0.4, -0.2) is 61.2 Å². The van der Waals surface area contributed by atoms with Crippen LogP contribution in [0.1, 0.15) is 56.3 Å². The number of likely N-dealkylation sites (N-methyl/N-ethyl adjacent to an activating group) is 1. The van der Waals surface area contributed by atoms with Crippen molar-refractivity contribution in [2.24, 2.45) is 0 Å². The highest BCUT2D eigenvalue weighted by Gasteiger charge is 2.46. The molecule has 7 heteroatoms. The van der Waals surface area contributed by atoms with Crippen molar-refractivity contribution in [2.75, 3.05) is 38.3 Å². The zero-order chi connectivity index (χ0) is 25.3. The molecule has 2 aromatic carbocycles. The normalized spacial score (nSPS) is 19.5. The van der Waals surface area contributed by atoms with Gasteiger partial charge in [0.2, 0.25) is 0 Å². The topological polar surface area (TPSA) is 79.3 Å². The van der Waals surface area contributed by atoms with Crippen LogP contribution >= 0.6 is 0 Å². The fourth-order valence-electron chi connectivity index (χ4n) is 4.56. The Morgan fingerprint density at radius 3 is 2.49 bits per heavy atom. The summed E-state index contributed by atoms with van der Waals surface area (Å²) in [6.07, 6.45) is 0.00491. The Morgan fingerprint density at radius 1 is 1.11 bits per heavy atom. The molecule has 1 fully saturated rings. The molecular formula is C28H34N2O5. The molecule has 2 heterocycles. The molecule has 0 saturated carbocycles. The summed E-state index contributed by atoms with van der Waals surface area (Å²) >= 11 is 0. The molecule has 1 saturated heterocycles. The van der Waals surface area contributed by atoms with Crippen molar-refractivity contribution >= 4 is 23.1 Å². The minimum absolute atomic E-state index is 0.00491. The van der Waals surface area contributed by atoms with Gasteiger partial charge in [0, 0.05) is 19.2 Å². The van der Waals surface area contributed by atoms with Crippen LogP contribution in [0.25, 0.3) is 5.76 Å². The summed E-state index contributed by atoms with van der Waals surface area (Å²) in [6.45, 7) is 9.93. The summed E-state index contributed by atoms with van der Waals surface area (Å²) in [7, 11) is 1.95. The smallest absolute Gasteiger partial charge is 0.295 e. The van der Waals surface area contributed by atoms with Crippen molar-refractivity contribution in [3.63, 3.8) is 0 Å². The average molecular weight is 479 g/mol. The van der Waals surface area contributed by atoms with Crippen molar-refractivity contribution in [1.29, 1.82) is 0 Å². The van der Waals surface area contributed by atoms with E-state index in [1.165, 1.54) is 4.90 Å². The van der Waals surface area contributed by atoms with Gasteiger partial charge in [-0.25, -0.2) is 0 Å². The molecule has 0 bridgehead atoms. The number of carbonyl (C=O) groups is 2. The van der Waals surface area contributed by atoms with Gasteiger partial charge in [-0.3, -0.25) is 9.59 Å². The first kappa shape index (κ1) is 24.8. The van der Waals surface area contributed by atoms with E-state index in [1.54, 1.807) is 18.2 Å². The number of Topliss-reactive ketones (excluding diaryl/α,β-unsaturated/α-hetero) is 1. The summed E-state index contributed by atoms with van der Waals surface area (Å²) in [5.41, 5.74) is 3.33. The number of nitrogens with zero attached hydrogens (tertiary/aromatic N) is 2. The Kier molecular flexibility index (Phi) is 7.17. The number of benzene rings is 2. The van der Waals surface area contributed by atoms with Gasteiger partial charge in [0.05, 0.1) is 36.6 Å². The maximum atomic E-state index is 13.3. The second-order valence-corrected chi connectivity index (χ2v) is 9.69. The Morgan fingerprint density at radius 2 is 1.83 bits per heavy atom. The number of ketones is 1. The Labute approximate surface area is 206 Å². The predicted molar refractivity (Wildman–Crippen MR) is 136 cm³/mol. The lowest BCUT2D eigenvalue weighted by Gasteiger charge is -2.28. The van der Waals surface area contributed by atoms with Gasteiger partial charge in [-0.1, -0.05) is 38.1 Å². The van der Waals surface area contributed by atoms with Gasteiger partial charge in [-0.2, -0.15) is 0 Å². The Balaban J connectivity index is 1.79. The minimum Gasteiger partial charge on any atom is -0.507 e. The van der Waals surface area contributed by atoms with Crippen molar-refractivity contribution in [1.82, 2.24) is 4.90 Å². The molecule has 4 rings (SSSR count). The van der Waals surface area contributed by atoms with E-state index in [9.17, 15) is 14.7 Å². The van der Waals surface area contributed by atoms with Gasteiger partial charge in [0.15, 0.2) is 0 Å². The van der Waals surface area contributed by atoms with Crippen molar-refractivity contribution in [2.45, 2.75) is 45.8 Å². The molecule has 35 heavy (non-hydrogen) atoms. The second kappa shape index (κ2) is 10.1. The van der Waals surface area contributed by atoms with Gasteiger partial charge in [0.25, 0.3) is 11.7 Å². The molecule has 1 unspecified atom stereocenters. The van der Waals surface area contributed by atoms with Gasteiger partial charge in [0.1, 0.15) is 18.1 Å². The third-order valence-corrected chi connectivity index (χ3v) is 6.57. The first-order valence-corrected chi connectivity index (χ1v) is 12.2. The maximum Gasteiger partial charge on any atom is 0.295 e. The van der Waals surface area contributed by atoms with E-state index in [-0.39, 0.29) is 24.0 Å². The lowest BCUT2D eigenvalue weighted by atomic mass is 9.93. The largest absolute Gasteiger partial charge is 0.507 e. The lowest BCUT2D eigenvalue weighted by molar-refractivity contribution is -0.140. The van der Waals surface area contributed by atoms with E-state index in [0.29, 0.717) is 24.7 Å². The van der Waals surface area contributed by atoms with Crippen molar-refractivity contribution in [3.8, 4) is 5.75 Å². The van der Waals surface area contributed by atoms with E-state index in [4.69, 9.17) is 9.47 Å². The number of ether oxygens (including phenoxy) is 2. The second-order valence-electron chi connectivity index (χ2n) is 9.69. The monoisotopic (exact) mass is 478 g/mol. The molecule has 2 aliphatic heterocycles. The van der Waals surface area contributed by atoms with Crippen molar-refractivity contribution in [3.05, 3.63) is 64.7 Å². The summed E-state index contributed by atoms with van der Waals surface area (Å²) in [4.78, 5) is 29.9. The number of anilines is 1. The van der Waals surface area contributed by atoms with Crippen LogP contribution in [-0.2, 0) is 14.3 Å². The van der Waals surface area contributed by atoms with Crippen LogP contribution in [0.2, 0.25) is 0 Å². The van der Waals surface area contributed by atoms with Crippen LogP contribution in [0.3, 0.4) is 0 Å². The van der Waals surface area contributed by atoms with Crippen LogP contribution in [0.5, 0.6) is 5.75 Å². The number of fused-ring (bicyclic) bond motifs is 1. The third-order valence-electron chi connectivity index (χ3n) is 6.57. The number of amides is 1. The summed E-state index contributed by atoms with van der Waals surface area (Å²) < 4.78 is 11.4. The number of likely N-dealkylation sites (tertiary alicyclic amines) is 1. The molecule has 2 aliphatic rings. The van der Waals surface area contributed by atoms with E-state index in [0.717, 1.165) is 29.1 Å². The molecule has 0 aliphatic carbocycles. The predicted octanol–water partition coefficient (Wildman–Crippen LogP) is 4.49. The number of rotatable bonds is 7. The average Bonchev–Trinajstić information content (AvgIpc) is 3.08. The molecule has 0 aromatic heterocycles. The molecule has 0 spiro atoms. The zero-order valence-corrected chi connectivity index (χ0v) is 21.1. The lowest BCUT2D eigenvalue weighted by Crippen LogP contribution is -2.33. The minimum atomic E-state index is -0.697. The number of aliphatic hydroxyl groups excluding tert-OH is 1. The van der Waals surface area contributed by atoms with Crippen LogP contribution in [0.15, 0.2) is 48.0 Å². The zero-order valence-electron chi connectivity index (χ0n) is 21.1. The van der Waals surface area contributed by atoms with Crippen LogP contribution in [0.4, 0.5) is 5.69 Å². The van der Waals surface area contributed by atoms with Crippen molar-refractivity contribution < 1.29 is 24.2 Å². The SMILES string of the molecule is CC(C)OCCN1C(=O)C(=O)/C(=C(\O)c2ccc3c(c2)N(C)CCO3)C1c1ccc(C(C)C)cc1. The van der Waals surface area contributed by atoms with E-state index < -0.39 is 17.7 Å². The first-order valence-electron chi connectivity index (χ1n) is 12.2. The van der Waals surface area contributed by atoms with Gasteiger partial charge >= 0.3 is 0 Å². The fourth-order valence-corrected chi connectivity index (χ4v) is 4.56. The molecule has 1 amide bonds. The number of carbonyl (C=O) groups excluding carboxylic acids is 2. The highest BCUT2D eigenvalue weighted by molar-refractivity contribution is 6.46. The Hall–Kier alpha value is -3.32. The third kappa shape index (κ3) is 4.91. The quantitative estimate of drug-likeness (QED) is 0.359. The van der Waals surface area contributed by atoms with Crippen LogP contribution < -0.4 is 9.64 Å². The number of aliphatic hydroxyl groups is 1. The summed E-state index contributed by atoms with van der Waals surface area (Å²) in [5.74, 6) is -0.426. The highest BCUT2D eigenvalue weighted by Crippen LogP contribution is 2.41. The first-order chi connectivity index (χ1) is 16.7. The van der Waals surface area contributed by atoms with Gasteiger partial charge in [-0.05, 0) is 49.1 Å². The molecule has 1 atom stereocenters. The molecule has 186 valence electrons. The highest BCUT2D eigenvalue weighted by atomic mass is 16.5. The number of hydrogen-bond donors (Lipinski definition) is 1. The molecule has 0 radical (unpaired) electrons. The summed E-state index contributed by atoms with van der Waals surface area (Å²) in [6, 6.07) is 12.5. The van der Waals surface area contributed by atoms with Gasteiger partial charge in [-0.15, -0.1) is 0 Å². The maximum absolute atomic E-state index is 13.3. The molecule has 7 nitrogen and oxygen atoms in total. The molecular weight excluding hydrogens is 444 g/mol. The standard InChI is InChI=1S/C28H34N2O5/c1-17(2)19-6-8-20(9-7-19)25-24(27(32)28(33)30(25)13-15-34-18(3)4)26(31)21-10-11-23-22(16-21)29(5)12-14-35-23/h6-11,16-18,25,31H,12-15H2,1-5H3/b26-24-. The summed E-state index contributed by atoms with van der Waals surface area (Å²) in [5, 5.41) is 11.4. The van der Waals surface area contributed by atoms with E-state index in [2.05, 4.69) is 13.8 Å². The molecule has 1 N–H and O–H groups in total. The molecule has 2 aromatic rings. The fraction of sp³-hybridized carbons (Fsp3) is 0.429. The van der Waals surface area contributed by atoms with E-state index in [1.807, 2.05) is 50.1 Å².